The highest BCUT2D eigenvalue weighted by Gasteiger charge is 2.22. The molecule has 0 bridgehead atoms. The van der Waals surface area contributed by atoms with Gasteiger partial charge in [0.1, 0.15) is 6.54 Å². The second-order valence-electron chi connectivity index (χ2n) is 6.78. The molecule has 1 N–H and O–H groups in total. The van der Waals surface area contributed by atoms with E-state index in [4.69, 9.17) is 16.5 Å². The first-order chi connectivity index (χ1) is 8.83. The first kappa shape index (κ1) is 19.2. The second-order valence-corrected chi connectivity index (χ2v) is 6.97. The first-order valence-electron chi connectivity index (χ1n) is 7.60. The highest BCUT2D eigenvalue weighted by molar-refractivity contribution is 6.13. The van der Waals surface area contributed by atoms with Gasteiger partial charge < -0.3 is 9.22 Å². The van der Waals surface area contributed by atoms with E-state index in [-0.39, 0.29) is 5.54 Å². The van der Waals surface area contributed by atoms with E-state index in [1.54, 1.807) is 0 Å². The third-order valence-electron chi connectivity index (χ3n) is 3.58. The van der Waals surface area contributed by atoms with Crippen LogP contribution in [-0.2, 0) is 4.74 Å². The largest absolute Gasteiger partial charge is 0.376 e. The minimum absolute atomic E-state index is 0.00190. The molecule has 0 fully saturated rings. The number of quaternary nitrogens is 1. The molecule has 0 amide bonds. The van der Waals surface area contributed by atoms with Crippen molar-refractivity contribution in [3.63, 3.8) is 0 Å². The molecule has 0 unspecified atom stereocenters. The summed E-state index contributed by atoms with van der Waals surface area (Å²) < 4.78 is 6.70. The third-order valence-corrected chi connectivity index (χ3v) is 4.09. The summed E-state index contributed by atoms with van der Waals surface area (Å²) in [5.41, 5.74) is -0.00190. The molecular weight excluding hydrogens is 260 g/mol. The molecular formula is C15H34ClN2O+. The van der Waals surface area contributed by atoms with Crippen molar-refractivity contribution in [1.29, 1.82) is 0 Å². The van der Waals surface area contributed by atoms with Crippen LogP contribution in [0.25, 0.3) is 0 Å². The summed E-state index contributed by atoms with van der Waals surface area (Å²) >= 11 is 5.73. The van der Waals surface area contributed by atoms with Crippen LogP contribution in [0.3, 0.4) is 0 Å². The fourth-order valence-corrected chi connectivity index (χ4v) is 1.88. The third kappa shape index (κ3) is 11.7. The summed E-state index contributed by atoms with van der Waals surface area (Å²) in [6, 6.07) is 0. The molecule has 0 saturated carbocycles. The van der Waals surface area contributed by atoms with E-state index in [1.165, 1.54) is 25.7 Å². The molecule has 0 radical (unpaired) electrons. The lowest BCUT2D eigenvalue weighted by Gasteiger charge is -2.33. The number of hydrogen-bond acceptors (Lipinski definition) is 2. The number of halogens is 1. The molecule has 0 saturated heterocycles. The predicted molar refractivity (Wildman–Crippen MR) is 84.5 cm³/mol. The highest BCUT2D eigenvalue weighted by Crippen LogP contribution is 2.12. The van der Waals surface area contributed by atoms with Crippen molar-refractivity contribution in [2.45, 2.75) is 58.4 Å². The van der Waals surface area contributed by atoms with Gasteiger partial charge in [0.15, 0.2) is 0 Å². The normalized spacial score (nSPS) is 12.9. The van der Waals surface area contributed by atoms with E-state index in [1.807, 2.05) is 0 Å². The molecule has 0 aromatic heterocycles. The monoisotopic (exact) mass is 293 g/mol. The SMILES string of the molecule is CCCCCCOCC[N+](C)(C)CCC(C)(C)NCl. The number of ether oxygens (including phenoxy) is 1. The number of nitrogens with one attached hydrogen (secondary N) is 1. The molecule has 3 nitrogen and oxygen atoms in total. The number of likely N-dealkylation sites (N-methyl/N-ethyl adjacent to an activating group) is 1. The first-order valence-corrected chi connectivity index (χ1v) is 7.98. The molecule has 19 heavy (non-hydrogen) atoms. The molecule has 4 heteroatoms. The van der Waals surface area contributed by atoms with Gasteiger partial charge in [-0.25, -0.2) is 4.84 Å². The Morgan fingerprint density at radius 1 is 1.05 bits per heavy atom. The van der Waals surface area contributed by atoms with Crippen molar-refractivity contribution in [3.05, 3.63) is 0 Å². The van der Waals surface area contributed by atoms with Crippen LogP contribution < -0.4 is 4.84 Å². The van der Waals surface area contributed by atoms with Crippen molar-refractivity contribution < 1.29 is 9.22 Å². The minimum atomic E-state index is -0.00190. The molecule has 0 atom stereocenters. The average molecular weight is 294 g/mol. The van der Waals surface area contributed by atoms with Gasteiger partial charge in [0.25, 0.3) is 0 Å². The fraction of sp³-hybridized carbons (Fsp3) is 1.00. The van der Waals surface area contributed by atoms with Crippen LogP contribution in [0.2, 0.25) is 0 Å². The molecule has 0 spiro atoms. The minimum Gasteiger partial charge on any atom is -0.376 e. The van der Waals surface area contributed by atoms with Crippen molar-refractivity contribution >= 4 is 11.8 Å². The van der Waals surface area contributed by atoms with E-state index >= 15 is 0 Å². The zero-order valence-corrected chi connectivity index (χ0v) is 14.4. The summed E-state index contributed by atoms with van der Waals surface area (Å²) in [4.78, 5) is 2.84. The molecule has 0 aliphatic rings. The molecule has 0 aliphatic carbocycles. The average Bonchev–Trinajstić information content (AvgIpc) is 2.36. The predicted octanol–water partition coefficient (Wildman–Crippen LogP) is 3.57. The van der Waals surface area contributed by atoms with Crippen molar-refractivity contribution in [1.82, 2.24) is 4.84 Å². The van der Waals surface area contributed by atoms with E-state index < -0.39 is 0 Å². The Balaban J connectivity index is 3.62. The number of nitrogens with zero attached hydrogens (tertiary/aromatic N) is 1. The van der Waals surface area contributed by atoms with E-state index in [0.29, 0.717) is 0 Å². The zero-order valence-electron chi connectivity index (χ0n) is 13.6. The topological polar surface area (TPSA) is 21.3 Å². The lowest BCUT2D eigenvalue weighted by Crippen LogP contribution is -2.47. The Hall–Kier alpha value is 0.170. The van der Waals surface area contributed by atoms with Gasteiger partial charge in [0.05, 0.1) is 27.2 Å². The van der Waals surface area contributed by atoms with Crippen LogP contribution in [0, 0.1) is 0 Å². The van der Waals surface area contributed by atoms with Gasteiger partial charge in [-0.05, 0) is 32.0 Å². The summed E-state index contributed by atoms with van der Waals surface area (Å²) in [7, 11) is 4.51. The molecule has 116 valence electrons. The van der Waals surface area contributed by atoms with E-state index in [0.717, 1.165) is 37.2 Å². The Labute approximate surface area is 125 Å². The van der Waals surface area contributed by atoms with Gasteiger partial charge in [0.2, 0.25) is 0 Å². The standard InChI is InChI=1S/C15H34ClN2O/c1-6-7-8-9-13-19-14-12-18(4,5)11-10-15(2,3)17-16/h17H,6-14H2,1-5H3/q+1. The summed E-state index contributed by atoms with van der Waals surface area (Å²) in [6.07, 6.45) is 6.16. The van der Waals surface area contributed by atoms with Crippen LogP contribution in [0.1, 0.15) is 52.9 Å². The van der Waals surface area contributed by atoms with E-state index in [9.17, 15) is 0 Å². The quantitative estimate of drug-likeness (QED) is 0.337. The van der Waals surface area contributed by atoms with Gasteiger partial charge in [0, 0.05) is 18.6 Å². The highest BCUT2D eigenvalue weighted by atomic mass is 35.5. The smallest absolute Gasteiger partial charge is 0.102 e. The van der Waals surface area contributed by atoms with Crippen molar-refractivity contribution in [2.24, 2.45) is 0 Å². The molecule has 0 aliphatic heterocycles. The van der Waals surface area contributed by atoms with Gasteiger partial charge in [-0.3, -0.25) is 0 Å². The van der Waals surface area contributed by atoms with Crippen LogP contribution in [0.15, 0.2) is 0 Å². The Kier molecular flexibility index (Phi) is 10.1. The molecule has 0 rings (SSSR count). The lowest BCUT2D eigenvalue weighted by molar-refractivity contribution is -0.891. The molecule has 0 aromatic carbocycles. The van der Waals surface area contributed by atoms with Crippen LogP contribution in [0.4, 0.5) is 0 Å². The van der Waals surface area contributed by atoms with E-state index in [2.05, 4.69) is 39.7 Å². The van der Waals surface area contributed by atoms with Crippen LogP contribution in [0.5, 0.6) is 0 Å². The number of unbranched alkanes of at least 4 members (excludes halogenated alkanes) is 3. The maximum atomic E-state index is 5.73. The summed E-state index contributed by atoms with van der Waals surface area (Å²) in [5.74, 6) is 0. The van der Waals surface area contributed by atoms with Gasteiger partial charge in [-0.2, -0.15) is 0 Å². The fourth-order valence-electron chi connectivity index (χ4n) is 1.79. The number of hydrogen-bond donors (Lipinski definition) is 1. The van der Waals surface area contributed by atoms with Crippen LogP contribution >= 0.6 is 11.8 Å². The lowest BCUT2D eigenvalue weighted by atomic mass is 10.0. The molecule has 0 aromatic rings. The summed E-state index contributed by atoms with van der Waals surface area (Å²) in [6.45, 7) is 10.4. The van der Waals surface area contributed by atoms with Crippen molar-refractivity contribution in [3.8, 4) is 0 Å². The Morgan fingerprint density at radius 3 is 2.32 bits per heavy atom. The Morgan fingerprint density at radius 2 is 1.74 bits per heavy atom. The van der Waals surface area contributed by atoms with Gasteiger partial charge in [-0.1, -0.05) is 26.2 Å². The zero-order chi connectivity index (χ0) is 14.8. The Bertz CT molecular complexity index is 220. The maximum absolute atomic E-state index is 5.73. The summed E-state index contributed by atoms with van der Waals surface area (Å²) in [5, 5.41) is 0. The second kappa shape index (κ2) is 9.98. The number of rotatable bonds is 12. The van der Waals surface area contributed by atoms with Gasteiger partial charge >= 0.3 is 0 Å². The van der Waals surface area contributed by atoms with Crippen LogP contribution in [-0.4, -0.2) is 50.4 Å². The van der Waals surface area contributed by atoms with Gasteiger partial charge in [-0.15, -0.1) is 0 Å². The maximum Gasteiger partial charge on any atom is 0.102 e. The van der Waals surface area contributed by atoms with Crippen molar-refractivity contribution in [2.75, 3.05) is 40.4 Å². The molecule has 0 heterocycles.